The second kappa shape index (κ2) is 6.39. The lowest BCUT2D eigenvalue weighted by atomic mass is 9.95. The van der Waals surface area contributed by atoms with Gasteiger partial charge in [0.15, 0.2) is 0 Å². The molecule has 0 aromatic rings. The van der Waals surface area contributed by atoms with Crippen LogP contribution in [0.15, 0.2) is 0 Å². The molecule has 1 atom stereocenters. The maximum Gasteiger partial charge on any atom is 0.0779 e. The smallest absolute Gasteiger partial charge is 0.0779 e. The first-order chi connectivity index (χ1) is 5.66. The van der Waals surface area contributed by atoms with Gasteiger partial charge < -0.3 is 15.3 Å². The maximum atomic E-state index is 9.06. The van der Waals surface area contributed by atoms with Crippen molar-refractivity contribution in [3.05, 3.63) is 0 Å². The highest BCUT2D eigenvalue weighted by molar-refractivity contribution is 9.05. The molecule has 0 fully saturated rings. The van der Waals surface area contributed by atoms with E-state index in [-0.39, 0.29) is 25.7 Å². The van der Waals surface area contributed by atoms with Gasteiger partial charge in [0.25, 0.3) is 0 Å². The van der Waals surface area contributed by atoms with Gasteiger partial charge in [-0.05, 0) is 27.4 Å². The van der Waals surface area contributed by atoms with Crippen LogP contribution in [0.5, 0.6) is 0 Å². The zero-order chi connectivity index (χ0) is 9.61. The monoisotopic (exact) mass is 229 g/mol. The van der Waals surface area contributed by atoms with Gasteiger partial charge in [0, 0.05) is 6.61 Å². The Morgan fingerprint density at radius 2 is 1.83 bits per heavy atom. The van der Waals surface area contributed by atoms with E-state index >= 15 is 0 Å². The van der Waals surface area contributed by atoms with Gasteiger partial charge >= 0.3 is 0 Å². The van der Waals surface area contributed by atoms with Crippen molar-refractivity contribution < 1.29 is 15.3 Å². The first kappa shape index (κ1) is 12.9. The summed E-state index contributed by atoms with van der Waals surface area (Å²) in [4.78, 5) is 0. The van der Waals surface area contributed by atoms with Gasteiger partial charge in [0.2, 0.25) is 0 Å². The molecule has 3 N–H and O–H groups in total. The zero-order valence-electron chi connectivity index (χ0n) is 6.77. The van der Waals surface area contributed by atoms with Crippen LogP contribution >= 0.6 is 32.3 Å². The summed E-state index contributed by atoms with van der Waals surface area (Å²) in [6.45, 7) is 1.34. The summed E-state index contributed by atoms with van der Waals surface area (Å²) in [5.41, 5.74) is 0. The third-order valence-corrected chi connectivity index (χ3v) is 4.78. The molecule has 0 saturated heterocycles. The van der Waals surface area contributed by atoms with Crippen molar-refractivity contribution in [2.24, 2.45) is 5.92 Å². The number of rotatable bonds is 6. The van der Waals surface area contributed by atoms with Crippen molar-refractivity contribution >= 4 is 32.3 Å². The number of hydrogen-bond acceptors (Lipinski definition) is 5. The zero-order valence-corrected chi connectivity index (χ0v) is 9.21. The molecule has 0 aliphatic heterocycles. The fourth-order valence-electron chi connectivity index (χ4n) is 0.731. The van der Waals surface area contributed by atoms with Crippen LogP contribution in [0.2, 0.25) is 0 Å². The van der Waals surface area contributed by atoms with Crippen LogP contribution in [0.3, 0.4) is 0 Å². The molecule has 0 aliphatic rings. The van der Waals surface area contributed by atoms with Crippen LogP contribution in [-0.4, -0.2) is 39.9 Å². The molecule has 1 radical (unpaired) electrons. The molecule has 6 heteroatoms. The van der Waals surface area contributed by atoms with Gasteiger partial charge in [-0.3, -0.25) is 0 Å². The predicted octanol–water partition coefficient (Wildman–Crippen LogP) is 0.832. The van der Waals surface area contributed by atoms with Gasteiger partial charge in [-0.1, -0.05) is 17.7 Å². The van der Waals surface area contributed by atoms with Crippen molar-refractivity contribution in [3.8, 4) is 0 Å². The molecule has 12 heavy (non-hydrogen) atoms. The van der Waals surface area contributed by atoms with E-state index in [0.717, 1.165) is 9.83 Å². The van der Waals surface area contributed by atoms with Gasteiger partial charge in [-0.15, -0.1) is 0 Å². The molecule has 0 aromatic carbocycles. The third-order valence-electron chi connectivity index (χ3n) is 1.91. The molecule has 0 amide bonds. The predicted molar refractivity (Wildman–Crippen MR) is 55.9 cm³/mol. The summed E-state index contributed by atoms with van der Waals surface area (Å²) < 4.78 is -0.721. The summed E-state index contributed by atoms with van der Waals surface area (Å²) in [5, 5.41) is 27.0. The molecular formula is C6H13O3S3. The van der Waals surface area contributed by atoms with Crippen LogP contribution in [0.1, 0.15) is 6.92 Å². The topological polar surface area (TPSA) is 60.7 Å². The molecular weight excluding hydrogens is 216 g/mol. The van der Waals surface area contributed by atoms with Crippen molar-refractivity contribution in [2.45, 2.75) is 11.7 Å². The molecule has 0 spiro atoms. The third kappa shape index (κ3) is 3.01. The number of hydrogen-bond donors (Lipinski definition) is 3. The first-order valence-corrected chi connectivity index (χ1v) is 6.54. The van der Waals surface area contributed by atoms with E-state index in [9.17, 15) is 0 Å². The second-order valence-electron chi connectivity index (χ2n) is 2.62. The molecule has 3 nitrogen and oxygen atoms in total. The number of aliphatic hydroxyl groups is 3. The summed E-state index contributed by atoms with van der Waals surface area (Å²) >= 11 is 4.68. The molecule has 1 unspecified atom stereocenters. The highest BCUT2D eigenvalue weighted by Crippen LogP contribution is 2.42. The van der Waals surface area contributed by atoms with E-state index in [1.165, 1.54) is 10.8 Å². The van der Waals surface area contributed by atoms with Crippen molar-refractivity contribution in [3.63, 3.8) is 0 Å². The van der Waals surface area contributed by atoms with Crippen LogP contribution in [0, 0.1) is 5.92 Å². The van der Waals surface area contributed by atoms with Gasteiger partial charge in [-0.25, -0.2) is 0 Å². The van der Waals surface area contributed by atoms with E-state index < -0.39 is 4.75 Å². The molecule has 0 aromatic heterocycles. The Kier molecular flexibility index (Phi) is 6.89. The lowest BCUT2D eigenvalue weighted by Gasteiger charge is -2.32. The Morgan fingerprint density at radius 3 is 2.08 bits per heavy atom. The van der Waals surface area contributed by atoms with E-state index in [0.29, 0.717) is 0 Å². The summed E-state index contributed by atoms with van der Waals surface area (Å²) in [7, 11) is 2.30. The molecule has 0 rings (SSSR count). The van der Waals surface area contributed by atoms with E-state index in [4.69, 9.17) is 15.3 Å². The quantitative estimate of drug-likeness (QED) is 0.589. The normalized spacial score (nSPS) is 14.8. The van der Waals surface area contributed by atoms with Gasteiger partial charge in [0.05, 0.1) is 18.0 Å². The largest absolute Gasteiger partial charge is 0.396 e. The van der Waals surface area contributed by atoms with E-state index in [1.807, 2.05) is 0 Å². The molecule has 0 saturated carbocycles. The molecule has 0 heterocycles. The summed E-state index contributed by atoms with van der Waals surface area (Å²) in [5.74, 6) is -0.173. The van der Waals surface area contributed by atoms with E-state index in [2.05, 4.69) is 11.7 Å². The van der Waals surface area contributed by atoms with Gasteiger partial charge in [-0.2, -0.15) is 0 Å². The fourth-order valence-corrected chi connectivity index (χ4v) is 3.65. The van der Waals surface area contributed by atoms with Crippen molar-refractivity contribution in [1.29, 1.82) is 0 Å². The minimum Gasteiger partial charge on any atom is -0.396 e. The molecule has 0 aliphatic carbocycles. The Hall–Kier alpha value is 0.930. The Labute approximate surface area is 85.1 Å². The minimum atomic E-state index is -0.721. The molecule has 0 bridgehead atoms. The minimum absolute atomic E-state index is 0.0655. The highest BCUT2D eigenvalue weighted by Gasteiger charge is 2.35. The standard InChI is InChI=1S/C6H13O3S3/c1-5(2-7)6(3-8,4-9)11-12-10/h5,7-9H,2-4H2,1H3. The first-order valence-electron chi connectivity index (χ1n) is 3.47. The summed E-state index contributed by atoms with van der Waals surface area (Å²) in [6, 6.07) is 0. The average molecular weight is 229 g/mol. The highest BCUT2D eigenvalue weighted by atomic mass is 33.5. The van der Waals surface area contributed by atoms with E-state index in [1.54, 1.807) is 6.92 Å². The van der Waals surface area contributed by atoms with Crippen LogP contribution in [-0.2, 0) is 0 Å². The van der Waals surface area contributed by atoms with Crippen LogP contribution in [0.25, 0.3) is 0 Å². The fraction of sp³-hybridized carbons (Fsp3) is 1.00. The summed E-state index contributed by atoms with van der Waals surface area (Å²) in [6.07, 6.45) is 0. The average Bonchev–Trinajstić information content (AvgIpc) is 2.13. The van der Waals surface area contributed by atoms with Crippen molar-refractivity contribution in [1.82, 2.24) is 0 Å². The van der Waals surface area contributed by atoms with Gasteiger partial charge in [0.1, 0.15) is 0 Å². The van der Waals surface area contributed by atoms with Crippen LogP contribution in [0.4, 0.5) is 0 Å². The Morgan fingerprint density at radius 1 is 1.33 bits per heavy atom. The molecule has 73 valence electrons. The number of aliphatic hydroxyl groups excluding tert-OH is 3. The van der Waals surface area contributed by atoms with Crippen LogP contribution < -0.4 is 0 Å². The lowest BCUT2D eigenvalue weighted by Crippen LogP contribution is -2.41. The van der Waals surface area contributed by atoms with Crippen molar-refractivity contribution in [2.75, 3.05) is 19.8 Å². The maximum absolute atomic E-state index is 9.06. The second-order valence-corrected chi connectivity index (χ2v) is 5.86. The Bertz CT molecular complexity index is 119. The SMILES string of the molecule is CC(CO)C(CO)(CO)SS[S]. The Balaban J connectivity index is 4.33. The lowest BCUT2D eigenvalue weighted by molar-refractivity contribution is 0.106.